The molecular formula is C24H19N5OS3. The van der Waals surface area contributed by atoms with Crippen LogP contribution >= 0.6 is 34.9 Å². The van der Waals surface area contributed by atoms with Crippen LogP contribution in [0.3, 0.4) is 0 Å². The van der Waals surface area contributed by atoms with Crippen molar-refractivity contribution in [1.29, 1.82) is 0 Å². The van der Waals surface area contributed by atoms with Crippen molar-refractivity contribution in [1.82, 2.24) is 19.7 Å². The van der Waals surface area contributed by atoms with E-state index in [1.807, 2.05) is 66.7 Å². The van der Waals surface area contributed by atoms with E-state index in [1.165, 1.54) is 4.70 Å². The molecule has 0 saturated heterocycles. The second-order valence-corrected chi connectivity index (χ2v) is 10.4. The summed E-state index contributed by atoms with van der Waals surface area (Å²) in [6, 6.07) is 25.6. The first-order valence-corrected chi connectivity index (χ1v) is 13.0. The topological polar surface area (TPSA) is 86.7 Å². The minimum atomic E-state index is -0.427. The molecule has 1 amide bonds. The van der Waals surface area contributed by atoms with Gasteiger partial charge in [0.1, 0.15) is 5.82 Å². The molecule has 0 atom stereocenters. The summed E-state index contributed by atoms with van der Waals surface area (Å²) in [5.74, 6) is 1.73. The number of para-hydroxylation sites is 2. The molecule has 5 rings (SSSR count). The fourth-order valence-electron chi connectivity index (χ4n) is 3.33. The number of fused-ring (bicyclic) bond motifs is 1. The zero-order chi connectivity index (χ0) is 22.6. The molecule has 0 fully saturated rings. The highest BCUT2D eigenvalue weighted by molar-refractivity contribution is 8.00. The number of carbonyl (C=O) groups excluding carboxylic acids is 1. The van der Waals surface area contributed by atoms with E-state index in [9.17, 15) is 4.79 Å². The molecule has 33 heavy (non-hydrogen) atoms. The second kappa shape index (κ2) is 9.78. The quantitative estimate of drug-likeness (QED) is 0.287. The van der Waals surface area contributed by atoms with Gasteiger partial charge in [0.2, 0.25) is 5.91 Å². The molecule has 0 spiro atoms. The molecule has 0 saturated carbocycles. The van der Waals surface area contributed by atoms with E-state index >= 15 is 0 Å². The Hall–Kier alpha value is -3.14. The van der Waals surface area contributed by atoms with Crippen LogP contribution in [0.5, 0.6) is 0 Å². The van der Waals surface area contributed by atoms with E-state index < -0.39 is 5.91 Å². The molecule has 0 aliphatic carbocycles. The van der Waals surface area contributed by atoms with Crippen LogP contribution in [0, 0.1) is 0 Å². The van der Waals surface area contributed by atoms with Crippen molar-refractivity contribution in [2.24, 2.45) is 5.73 Å². The van der Waals surface area contributed by atoms with Crippen LogP contribution < -0.4 is 5.73 Å². The first kappa shape index (κ1) is 21.7. The van der Waals surface area contributed by atoms with E-state index in [1.54, 1.807) is 40.9 Å². The van der Waals surface area contributed by atoms with Gasteiger partial charge in [-0.25, -0.2) is 4.98 Å². The summed E-state index contributed by atoms with van der Waals surface area (Å²) in [7, 11) is 0. The summed E-state index contributed by atoms with van der Waals surface area (Å²) in [5.41, 5.74) is 8.96. The minimum Gasteiger partial charge on any atom is -0.366 e. The van der Waals surface area contributed by atoms with Gasteiger partial charge in [0.25, 0.3) is 0 Å². The number of hydrogen-bond acceptors (Lipinski definition) is 7. The average molecular weight is 490 g/mol. The van der Waals surface area contributed by atoms with Crippen LogP contribution in [0.4, 0.5) is 0 Å². The second-order valence-electron chi connectivity index (χ2n) is 7.16. The van der Waals surface area contributed by atoms with E-state index in [0.29, 0.717) is 17.1 Å². The van der Waals surface area contributed by atoms with Crippen LogP contribution in [0.1, 0.15) is 21.7 Å². The number of thiazole rings is 1. The number of rotatable bonds is 8. The lowest BCUT2D eigenvalue weighted by molar-refractivity contribution is 0.1000. The Morgan fingerprint density at radius 3 is 2.55 bits per heavy atom. The summed E-state index contributed by atoms with van der Waals surface area (Å²) in [4.78, 5) is 16.2. The first-order valence-electron chi connectivity index (χ1n) is 10.2. The number of benzene rings is 3. The van der Waals surface area contributed by atoms with E-state index in [4.69, 9.17) is 10.7 Å². The van der Waals surface area contributed by atoms with Gasteiger partial charge in [-0.3, -0.25) is 9.36 Å². The highest BCUT2D eigenvalue weighted by atomic mass is 32.2. The third kappa shape index (κ3) is 4.95. The van der Waals surface area contributed by atoms with Gasteiger partial charge in [-0.2, -0.15) is 0 Å². The number of nitrogens with two attached hydrogens (primary N) is 1. The molecule has 2 aromatic heterocycles. The predicted octanol–water partition coefficient (Wildman–Crippen LogP) is 5.56. The standard InChI is InChI=1S/C24H19N5OS3/c25-22(30)17-8-6-7-16(13-17)14-31-23-28-27-21(29(23)18-9-2-1-3-10-18)15-32-24-26-19-11-4-5-12-20(19)33-24/h1-13H,14-15H2,(H2,25,30). The molecule has 0 unspecified atom stereocenters. The Bertz CT molecular complexity index is 1380. The minimum absolute atomic E-state index is 0.427. The van der Waals surface area contributed by atoms with E-state index in [-0.39, 0.29) is 0 Å². The Kier molecular flexibility index (Phi) is 6.43. The molecule has 2 N–H and O–H groups in total. The molecule has 164 valence electrons. The number of thioether (sulfide) groups is 2. The molecular weight excluding hydrogens is 470 g/mol. The van der Waals surface area contributed by atoms with Crippen LogP contribution in [0.25, 0.3) is 15.9 Å². The SMILES string of the molecule is NC(=O)c1cccc(CSc2nnc(CSc3nc4ccccc4s3)n2-c2ccccc2)c1. The van der Waals surface area contributed by atoms with Gasteiger partial charge in [-0.1, -0.05) is 66.0 Å². The smallest absolute Gasteiger partial charge is 0.248 e. The fourth-order valence-corrected chi connectivity index (χ4v) is 6.22. The predicted molar refractivity (Wildman–Crippen MR) is 135 cm³/mol. The molecule has 0 aliphatic rings. The fraction of sp³-hybridized carbons (Fsp3) is 0.0833. The summed E-state index contributed by atoms with van der Waals surface area (Å²) in [5, 5.41) is 9.76. The summed E-state index contributed by atoms with van der Waals surface area (Å²) < 4.78 is 4.28. The maximum absolute atomic E-state index is 11.5. The van der Waals surface area contributed by atoms with Crippen molar-refractivity contribution in [3.63, 3.8) is 0 Å². The van der Waals surface area contributed by atoms with Crippen molar-refractivity contribution in [2.45, 2.75) is 21.0 Å². The number of amides is 1. The van der Waals surface area contributed by atoms with Gasteiger partial charge in [-0.05, 0) is 42.0 Å². The van der Waals surface area contributed by atoms with Crippen molar-refractivity contribution in [2.75, 3.05) is 0 Å². The number of carbonyl (C=O) groups is 1. The van der Waals surface area contributed by atoms with E-state index in [2.05, 4.69) is 20.8 Å². The normalized spacial score (nSPS) is 11.2. The molecule has 3 aromatic carbocycles. The summed E-state index contributed by atoms with van der Waals surface area (Å²) >= 11 is 4.93. The van der Waals surface area contributed by atoms with Crippen molar-refractivity contribution >= 4 is 51.0 Å². The molecule has 6 nitrogen and oxygen atoms in total. The van der Waals surface area contributed by atoms with Crippen LogP contribution in [0.15, 0.2) is 88.4 Å². The van der Waals surface area contributed by atoms with Crippen LogP contribution in [-0.2, 0) is 11.5 Å². The Morgan fingerprint density at radius 2 is 1.73 bits per heavy atom. The van der Waals surface area contributed by atoms with Crippen LogP contribution in [-0.4, -0.2) is 25.7 Å². The monoisotopic (exact) mass is 489 g/mol. The van der Waals surface area contributed by atoms with Crippen molar-refractivity contribution < 1.29 is 4.79 Å². The molecule has 5 aromatic rings. The van der Waals surface area contributed by atoms with Gasteiger partial charge < -0.3 is 5.73 Å². The molecule has 2 heterocycles. The third-order valence-corrected chi connectivity index (χ3v) is 8.07. The third-order valence-electron chi connectivity index (χ3n) is 4.89. The van der Waals surface area contributed by atoms with Crippen LogP contribution in [0.2, 0.25) is 0 Å². The number of hydrogen-bond donors (Lipinski definition) is 1. The number of nitrogens with zero attached hydrogens (tertiary/aromatic N) is 4. The number of primary amides is 1. The average Bonchev–Trinajstić information content (AvgIpc) is 3.45. The zero-order valence-corrected chi connectivity index (χ0v) is 19.9. The molecule has 0 radical (unpaired) electrons. The molecule has 9 heteroatoms. The van der Waals surface area contributed by atoms with Crippen molar-refractivity contribution in [3.8, 4) is 5.69 Å². The van der Waals surface area contributed by atoms with Gasteiger partial charge in [-0.15, -0.1) is 21.5 Å². The lowest BCUT2D eigenvalue weighted by Gasteiger charge is -2.10. The van der Waals surface area contributed by atoms with Gasteiger partial charge >= 0.3 is 0 Å². The lowest BCUT2D eigenvalue weighted by Crippen LogP contribution is -2.10. The Morgan fingerprint density at radius 1 is 0.909 bits per heavy atom. The highest BCUT2D eigenvalue weighted by Crippen LogP contribution is 2.33. The largest absolute Gasteiger partial charge is 0.366 e. The molecule has 0 aliphatic heterocycles. The highest BCUT2D eigenvalue weighted by Gasteiger charge is 2.16. The molecule has 0 bridgehead atoms. The Labute approximate surface area is 203 Å². The van der Waals surface area contributed by atoms with Gasteiger partial charge in [0.05, 0.1) is 16.0 Å². The zero-order valence-electron chi connectivity index (χ0n) is 17.4. The maximum Gasteiger partial charge on any atom is 0.248 e. The van der Waals surface area contributed by atoms with Crippen molar-refractivity contribution in [3.05, 3.63) is 95.8 Å². The maximum atomic E-state index is 11.5. The first-order chi connectivity index (χ1) is 16.2. The van der Waals surface area contributed by atoms with E-state index in [0.717, 1.165) is 32.1 Å². The summed E-state index contributed by atoms with van der Waals surface area (Å²) in [6.07, 6.45) is 0. The summed E-state index contributed by atoms with van der Waals surface area (Å²) in [6.45, 7) is 0. The lowest BCUT2D eigenvalue weighted by atomic mass is 10.1. The van der Waals surface area contributed by atoms with Gasteiger partial charge in [0.15, 0.2) is 9.50 Å². The van der Waals surface area contributed by atoms with Gasteiger partial charge in [0, 0.05) is 17.0 Å². The Balaban J connectivity index is 1.39. The number of aromatic nitrogens is 4.